The van der Waals surface area contributed by atoms with Crippen molar-refractivity contribution in [3.63, 3.8) is 0 Å². The summed E-state index contributed by atoms with van der Waals surface area (Å²) >= 11 is 1.59. The highest BCUT2D eigenvalue weighted by Gasteiger charge is 2.16. The average molecular weight is 328 g/mol. The second-order valence-corrected chi connectivity index (χ2v) is 6.30. The van der Waals surface area contributed by atoms with Crippen molar-refractivity contribution in [1.82, 2.24) is 9.88 Å². The number of hydrogen-bond acceptors (Lipinski definition) is 4. The monoisotopic (exact) mass is 327 g/mol. The van der Waals surface area contributed by atoms with Gasteiger partial charge in [0.1, 0.15) is 0 Å². The van der Waals surface area contributed by atoms with Crippen molar-refractivity contribution in [2.24, 2.45) is 0 Å². The van der Waals surface area contributed by atoms with Crippen molar-refractivity contribution in [3.05, 3.63) is 23.8 Å². The van der Waals surface area contributed by atoms with Crippen molar-refractivity contribution in [2.45, 2.75) is 20.3 Å². The van der Waals surface area contributed by atoms with Gasteiger partial charge in [-0.15, -0.1) is 12.4 Å². The van der Waals surface area contributed by atoms with Crippen molar-refractivity contribution in [3.8, 4) is 0 Å². The van der Waals surface area contributed by atoms with Gasteiger partial charge in [0.05, 0.1) is 10.2 Å². The predicted molar refractivity (Wildman–Crippen MR) is 92.8 cm³/mol. The van der Waals surface area contributed by atoms with E-state index in [1.165, 1.54) is 5.56 Å². The van der Waals surface area contributed by atoms with E-state index in [0.717, 1.165) is 28.3 Å². The van der Waals surface area contributed by atoms with E-state index in [1.54, 1.807) is 23.2 Å². The molecule has 0 bridgehead atoms. The van der Waals surface area contributed by atoms with Crippen LogP contribution in [0.2, 0.25) is 0 Å². The number of carbonyl (C=O) groups is 1. The molecule has 0 spiro atoms. The average Bonchev–Trinajstić information content (AvgIpc) is 2.76. The van der Waals surface area contributed by atoms with Gasteiger partial charge < -0.3 is 4.90 Å². The molecule has 0 saturated carbocycles. The molecule has 0 unspecified atom stereocenters. The molecule has 4 nitrogen and oxygen atoms in total. The molecule has 21 heavy (non-hydrogen) atoms. The number of carbonyl (C=O) groups excluding carboxylic acids is 1. The van der Waals surface area contributed by atoms with Gasteiger partial charge in [-0.25, -0.2) is 4.98 Å². The summed E-state index contributed by atoms with van der Waals surface area (Å²) in [6.07, 6.45) is 0.946. The Morgan fingerprint density at radius 2 is 2.00 bits per heavy atom. The number of rotatable bonds is 5. The molecule has 0 atom stereocenters. The number of thiazole rings is 1. The van der Waals surface area contributed by atoms with Crippen molar-refractivity contribution >= 4 is 45.0 Å². The van der Waals surface area contributed by atoms with Crippen LogP contribution in [0.1, 0.15) is 18.9 Å². The molecular formula is C15H22ClN3OS. The lowest BCUT2D eigenvalue weighted by atomic mass is 10.2. The number of hydrogen-bond donors (Lipinski definition) is 0. The third kappa shape index (κ3) is 4.66. The second-order valence-electron chi connectivity index (χ2n) is 5.30. The fourth-order valence-corrected chi connectivity index (χ4v) is 3.20. The lowest BCUT2D eigenvalue weighted by molar-refractivity contribution is -0.116. The zero-order valence-electron chi connectivity index (χ0n) is 12.9. The first-order chi connectivity index (χ1) is 9.47. The molecule has 0 aliphatic heterocycles. The molecule has 2 rings (SSSR count). The van der Waals surface area contributed by atoms with Gasteiger partial charge in [0.2, 0.25) is 5.91 Å². The Kier molecular flexibility index (Phi) is 6.58. The van der Waals surface area contributed by atoms with E-state index < -0.39 is 0 Å². The van der Waals surface area contributed by atoms with E-state index in [0.29, 0.717) is 6.54 Å². The largest absolute Gasteiger partial charge is 0.309 e. The summed E-state index contributed by atoms with van der Waals surface area (Å²) in [5.74, 6) is 0.0551. The van der Waals surface area contributed by atoms with E-state index in [1.807, 2.05) is 20.2 Å². The molecule has 0 fully saturated rings. The van der Waals surface area contributed by atoms with Crippen LogP contribution < -0.4 is 4.90 Å². The Bertz CT molecular complexity index is 612. The maximum atomic E-state index is 11.8. The van der Waals surface area contributed by atoms with Crippen LogP contribution in [0.3, 0.4) is 0 Å². The Hall–Kier alpha value is -1.17. The molecule has 1 heterocycles. The van der Waals surface area contributed by atoms with Crippen LogP contribution in [0.15, 0.2) is 18.2 Å². The topological polar surface area (TPSA) is 36.4 Å². The van der Waals surface area contributed by atoms with E-state index in [2.05, 4.69) is 28.9 Å². The Balaban J connectivity index is 0.00000220. The number of aryl methyl sites for hydroxylation is 1. The molecule has 116 valence electrons. The standard InChI is InChI=1S/C15H21N3OS.ClH/c1-11-6-7-13-14(10-11)20-15(16-13)18(12(2)19)9-5-8-17(3)4;/h6-7,10H,5,8-9H2,1-4H3;1H. The molecular weight excluding hydrogens is 306 g/mol. The van der Waals surface area contributed by atoms with Crippen LogP contribution in [0, 0.1) is 6.92 Å². The molecule has 6 heteroatoms. The van der Waals surface area contributed by atoms with Gasteiger partial charge in [-0.05, 0) is 51.7 Å². The summed E-state index contributed by atoms with van der Waals surface area (Å²) < 4.78 is 1.14. The van der Waals surface area contributed by atoms with Gasteiger partial charge in [-0.1, -0.05) is 17.4 Å². The van der Waals surface area contributed by atoms with Gasteiger partial charge in [-0.3, -0.25) is 9.69 Å². The number of halogens is 1. The number of benzene rings is 1. The molecule has 1 aromatic carbocycles. The van der Waals surface area contributed by atoms with Crippen LogP contribution in [-0.4, -0.2) is 43.0 Å². The summed E-state index contributed by atoms with van der Waals surface area (Å²) in [5.41, 5.74) is 2.18. The van der Waals surface area contributed by atoms with Crippen LogP contribution in [0.5, 0.6) is 0 Å². The van der Waals surface area contributed by atoms with Gasteiger partial charge in [0, 0.05) is 13.5 Å². The minimum Gasteiger partial charge on any atom is -0.309 e. The number of fused-ring (bicyclic) bond motifs is 1. The fraction of sp³-hybridized carbons (Fsp3) is 0.467. The first-order valence-electron chi connectivity index (χ1n) is 6.77. The van der Waals surface area contributed by atoms with Gasteiger partial charge in [-0.2, -0.15) is 0 Å². The molecule has 2 aromatic rings. The van der Waals surface area contributed by atoms with E-state index >= 15 is 0 Å². The molecule has 0 aliphatic carbocycles. The van der Waals surface area contributed by atoms with Crippen molar-refractivity contribution < 1.29 is 4.79 Å². The minimum absolute atomic E-state index is 0. The van der Waals surface area contributed by atoms with E-state index in [4.69, 9.17) is 0 Å². The predicted octanol–water partition coefficient (Wildman–Crippen LogP) is 3.33. The zero-order valence-corrected chi connectivity index (χ0v) is 14.6. The van der Waals surface area contributed by atoms with Crippen LogP contribution in [-0.2, 0) is 4.79 Å². The van der Waals surface area contributed by atoms with Crippen LogP contribution >= 0.6 is 23.7 Å². The zero-order chi connectivity index (χ0) is 14.7. The molecule has 0 N–H and O–H groups in total. The molecule has 0 radical (unpaired) electrons. The van der Waals surface area contributed by atoms with E-state index in [9.17, 15) is 4.79 Å². The van der Waals surface area contributed by atoms with Gasteiger partial charge in [0.15, 0.2) is 5.13 Å². The highest BCUT2D eigenvalue weighted by atomic mass is 35.5. The van der Waals surface area contributed by atoms with Crippen molar-refractivity contribution in [1.29, 1.82) is 0 Å². The minimum atomic E-state index is 0. The van der Waals surface area contributed by atoms with Gasteiger partial charge >= 0.3 is 0 Å². The third-order valence-electron chi connectivity index (χ3n) is 3.13. The molecule has 1 aromatic heterocycles. The summed E-state index contributed by atoms with van der Waals surface area (Å²) in [5, 5.41) is 0.803. The maximum absolute atomic E-state index is 11.8. The lowest BCUT2D eigenvalue weighted by Crippen LogP contribution is -2.31. The SMILES string of the molecule is CC(=O)N(CCCN(C)C)c1nc2ccc(C)cc2s1.Cl. The Labute approximate surface area is 136 Å². The van der Waals surface area contributed by atoms with Gasteiger partial charge in [0.25, 0.3) is 0 Å². The smallest absolute Gasteiger partial charge is 0.225 e. The lowest BCUT2D eigenvalue weighted by Gasteiger charge is -2.19. The molecule has 0 aliphatic rings. The van der Waals surface area contributed by atoms with E-state index in [-0.39, 0.29) is 18.3 Å². The summed E-state index contributed by atoms with van der Waals surface area (Å²) in [6, 6.07) is 6.19. The number of aromatic nitrogens is 1. The fourth-order valence-electron chi connectivity index (χ4n) is 2.07. The van der Waals surface area contributed by atoms with Crippen LogP contribution in [0.4, 0.5) is 5.13 Å². The maximum Gasteiger partial charge on any atom is 0.225 e. The summed E-state index contributed by atoms with van der Waals surface area (Å²) in [7, 11) is 4.08. The highest BCUT2D eigenvalue weighted by molar-refractivity contribution is 7.22. The van der Waals surface area contributed by atoms with Crippen molar-refractivity contribution in [2.75, 3.05) is 32.1 Å². The Morgan fingerprint density at radius 1 is 1.29 bits per heavy atom. The number of amides is 1. The first kappa shape index (κ1) is 17.9. The normalized spacial score (nSPS) is 10.7. The summed E-state index contributed by atoms with van der Waals surface area (Å²) in [6.45, 7) is 5.35. The number of anilines is 1. The third-order valence-corrected chi connectivity index (χ3v) is 4.17. The number of nitrogens with zero attached hydrogens (tertiary/aromatic N) is 3. The summed E-state index contributed by atoms with van der Waals surface area (Å²) in [4.78, 5) is 20.3. The molecule has 0 saturated heterocycles. The highest BCUT2D eigenvalue weighted by Crippen LogP contribution is 2.29. The molecule has 1 amide bonds. The van der Waals surface area contributed by atoms with Crippen LogP contribution in [0.25, 0.3) is 10.2 Å². The first-order valence-corrected chi connectivity index (χ1v) is 7.59. The Morgan fingerprint density at radius 3 is 2.62 bits per heavy atom. The quantitative estimate of drug-likeness (QED) is 0.845. The second kappa shape index (κ2) is 7.73.